The first-order valence-electron chi connectivity index (χ1n) is 11.4. The number of hydrogen-bond donors (Lipinski definition) is 1. The number of carbonyl (C=O) groups excluding carboxylic acids is 2. The predicted molar refractivity (Wildman–Crippen MR) is 133 cm³/mol. The molecule has 1 N–H and O–H groups in total. The largest absolute Gasteiger partial charge is 0.342 e. The molecule has 0 atom stereocenters. The quantitative estimate of drug-likeness (QED) is 0.554. The number of nitrogens with zero attached hydrogens (tertiary/aromatic N) is 3. The number of benzene rings is 2. The van der Waals surface area contributed by atoms with E-state index in [1.54, 1.807) is 24.3 Å². The summed E-state index contributed by atoms with van der Waals surface area (Å²) in [6.07, 6.45) is 1.77. The average Bonchev–Trinajstić information content (AvgIpc) is 3.33. The molecule has 1 aromatic heterocycles. The topological polar surface area (TPSA) is 122 Å². The van der Waals surface area contributed by atoms with Crippen molar-refractivity contribution in [2.45, 2.75) is 33.6 Å². The van der Waals surface area contributed by atoms with Gasteiger partial charge in [0.15, 0.2) is 0 Å². The van der Waals surface area contributed by atoms with E-state index in [1.165, 1.54) is 11.3 Å². The van der Waals surface area contributed by atoms with Crippen molar-refractivity contribution in [3.8, 4) is 11.4 Å². The Bertz CT molecular complexity index is 1300. The second-order valence-electron chi connectivity index (χ2n) is 8.98. The van der Waals surface area contributed by atoms with Crippen LogP contribution >= 0.6 is 0 Å². The minimum absolute atomic E-state index is 0.0119. The number of aromatic nitrogens is 2. The van der Waals surface area contributed by atoms with Crippen LogP contribution < -0.4 is 10.2 Å². The highest BCUT2D eigenvalue weighted by molar-refractivity contribution is 7.91. The molecule has 1 fully saturated rings. The molecule has 0 spiro atoms. The summed E-state index contributed by atoms with van der Waals surface area (Å²) in [5.41, 5.74) is 4.83. The molecular weight excluding hydrogens is 468 g/mol. The number of carbonyl (C=O) groups is 2. The molecule has 10 heteroatoms. The summed E-state index contributed by atoms with van der Waals surface area (Å²) >= 11 is 0. The average molecular weight is 497 g/mol. The molecule has 9 nitrogen and oxygen atoms in total. The van der Waals surface area contributed by atoms with E-state index in [-0.39, 0.29) is 42.7 Å². The van der Waals surface area contributed by atoms with E-state index < -0.39 is 15.8 Å². The van der Waals surface area contributed by atoms with Gasteiger partial charge < -0.3 is 14.7 Å². The summed E-state index contributed by atoms with van der Waals surface area (Å²) in [5.74, 6) is -0.601. The summed E-state index contributed by atoms with van der Waals surface area (Å²) < 4.78 is 28.5. The van der Waals surface area contributed by atoms with Crippen LogP contribution in [0.15, 0.2) is 47.3 Å². The molecular formula is C25H28N4O5S. The number of anilines is 2. The second kappa shape index (κ2) is 9.99. The number of amides is 2. The van der Waals surface area contributed by atoms with Crippen molar-refractivity contribution in [3.05, 3.63) is 59.5 Å². The maximum atomic E-state index is 13.6. The Hall–Kier alpha value is -3.53. The van der Waals surface area contributed by atoms with Gasteiger partial charge in [0.1, 0.15) is 16.4 Å². The van der Waals surface area contributed by atoms with E-state index >= 15 is 0 Å². The zero-order chi connectivity index (χ0) is 25.2. The lowest BCUT2D eigenvalue weighted by atomic mass is 9.98. The second-order valence-corrected chi connectivity index (χ2v) is 11.3. The Kier molecular flexibility index (Phi) is 7.02. The highest BCUT2D eigenvalue weighted by Gasteiger charge is 2.33. The standard InChI is InChI=1S/C25H28N4O5S/c1-16-12-17(2)23(18(3)13-16)29(25(31)20-8-10-35(32,33)11-9-20)14-22(30)27-21-6-4-19(5-7-21)24-26-15-34-28-24/h4-7,12-13,15,20H,8-11,14H2,1-3H3,(H,27,30). The molecule has 2 aromatic carbocycles. The molecule has 1 saturated heterocycles. The van der Waals surface area contributed by atoms with E-state index in [0.29, 0.717) is 17.2 Å². The fourth-order valence-corrected chi connectivity index (χ4v) is 6.06. The van der Waals surface area contributed by atoms with Crippen molar-refractivity contribution >= 4 is 33.0 Å². The van der Waals surface area contributed by atoms with Crippen LogP contribution in [0.3, 0.4) is 0 Å². The fourth-order valence-electron chi connectivity index (χ4n) is 4.57. The Morgan fingerprint density at radius 1 is 1.06 bits per heavy atom. The van der Waals surface area contributed by atoms with E-state index in [2.05, 4.69) is 15.5 Å². The Balaban J connectivity index is 1.55. The van der Waals surface area contributed by atoms with Gasteiger partial charge in [0.05, 0.1) is 17.2 Å². The summed E-state index contributed by atoms with van der Waals surface area (Å²) in [5, 5.41) is 6.63. The maximum Gasteiger partial charge on any atom is 0.244 e. The van der Waals surface area contributed by atoms with Crippen LogP contribution in [0.5, 0.6) is 0 Å². The van der Waals surface area contributed by atoms with Crippen LogP contribution in [0, 0.1) is 26.7 Å². The number of rotatable bonds is 6. The third kappa shape index (κ3) is 5.76. The molecule has 1 aliphatic rings. The Morgan fingerprint density at radius 2 is 1.69 bits per heavy atom. The smallest absolute Gasteiger partial charge is 0.244 e. The molecule has 2 amide bonds. The normalized spacial score (nSPS) is 15.5. The van der Waals surface area contributed by atoms with Gasteiger partial charge in [-0.05, 0) is 69.0 Å². The van der Waals surface area contributed by atoms with Gasteiger partial charge in [-0.2, -0.15) is 4.98 Å². The summed E-state index contributed by atoms with van der Waals surface area (Å²) in [4.78, 5) is 32.1. The number of nitrogens with one attached hydrogen (secondary N) is 1. The number of hydrogen-bond acceptors (Lipinski definition) is 7. The van der Waals surface area contributed by atoms with E-state index in [0.717, 1.165) is 22.3 Å². The zero-order valence-corrected chi connectivity index (χ0v) is 20.8. The summed E-state index contributed by atoms with van der Waals surface area (Å²) in [6, 6.07) is 10.9. The van der Waals surface area contributed by atoms with Gasteiger partial charge in [-0.1, -0.05) is 22.9 Å². The lowest BCUT2D eigenvalue weighted by Gasteiger charge is -2.31. The van der Waals surface area contributed by atoms with Crippen LogP contribution in [0.2, 0.25) is 0 Å². The van der Waals surface area contributed by atoms with Gasteiger partial charge in [0.2, 0.25) is 24.0 Å². The molecule has 0 saturated carbocycles. The fraction of sp³-hybridized carbons (Fsp3) is 0.360. The third-order valence-electron chi connectivity index (χ3n) is 6.17. The van der Waals surface area contributed by atoms with Crippen LogP contribution in [0.25, 0.3) is 11.4 Å². The van der Waals surface area contributed by atoms with Gasteiger partial charge in [-0.3, -0.25) is 9.59 Å². The molecule has 0 unspecified atom stereocenters. The first-order valence-corrected chi connectivity index (χ1v) is 13.2. The van der Waals surface area contributed by atoms with Crippen LogP contribution in [-0.2, 0) is 19.4 Å². The van der Waals surface area contributed by atoms with Gasteiger partial charge in [0.25, 0.3) is 0 Å². The zero-order valence-electron chi connectivity index (χ0n) is 19.9. The molecule has 3 aromatic rings. The third-order valence-corrected chi connectivity index (χ3v) is 7.88. The van der Waals surface area contributed by atoms with Gasteiger partial charge in [-0.15, -0.1) is 0 Å². The molecule has 0 aliphatic carbocycles. The lowest BCUT2D eigenvalue weighted by Crippen LogP contribution is -2.44. The van der Waals surface area contributed by atoms with E-state index in [9.17, 15) is 18.0 Å². The van der Waals surface area contributed by atoms with Crippen molar-refractivity contribution in [3.63, 3.8) is 0 Å². The Labute approximate surface area is 204 Å². The van der Waals surface area contributed by atoms with Gasteiger partial charge >= 0.3 is 0 Å². The number of aryl methyl sites for hydroxylation is 3. The predicted octanol–water partition coefficient (Wildman–Crippen LogP) is 3.46. The molecule has 0 bridgehead atoms. The monoisotopic (exact) mass is 496 g/mol. The lowest BCUT2D eigenvalue weighted by molar-refractivity contribution is -0.124. The molecule has 0 radical (unpaired) electrons. The SMILES string of the molecule is Cc1cc(C)c(N(CC(=O)Nc2ccc(-c3ncon3)cc2)C(=O)C2CCS(=O)(=O)CC2)c(C)c1. The summed E-state index contributed by atoms with van der Waals surface area (Å²) in [6.45, 7) is 5.62. The minimum Gasteiger partial charge on any atom is -0.342 e. The van der Waals surface area contributed by atoms with Crippen molar-refractivity contribution in [1.82, 2.24) is 10.1 Å². The Morgan fingerprint density at radius 3 is 2.26 bits per heavy atom. The summed E-state index contributed by atoms with van der Waals surface area (Å²) in [7, 11) is -3.11. The molecule has 35 heavy (non-hydrogen) atoms. The maximum absolute atomic E-state index is 13.6. The van der Waals surface area contributed by atoms with E-state index in [1.807, 2.05) is 32.9 Å². The van der Waals surface area contributed by atoms with Crippen LogP contribution in [-0.4, -0.2) is 48.4 Å². The van der Waals surface area contributed by atoms with Gasteiger partial charge in [-0.25, -0.2) is 8.42 Å². The highest BCUT2D eigenvalue weighted by Crippen LogP contribution is 2.30. The van der Waals surface area contributed by atoms with Crippen LogP contribution in [0.1, 0.15) is 29.5 Å². The molecule has 184 valence electrons. The van der Waals surface area contributed by atoms with Crippen molar-refractivity contribution < 1.29 is 22.5 Å². The number of sulfone groups is 1. The first kappa shape index (κ1) is 24.6. The van der Waals surface area contributed by atoms with Crippen molar-refractivity contribution in [2.24, 2.45) is 5.92 Å². The molecule has 1 aliphatic heterocycles. The first-order chi connectivity index (χ1) is 16.6. The van der Waals surface area contributed by atoms with Gasteiger partial charge in [0, 0.05) is 17.2 Å². The van der Waals surface area contributed by atoms with Crippen molar-refractivity contribution in [2.75, 3.05) is 28.3 Å². The highest BCUT2D eigenvalue weighted by atomic mass is 32.2. The minimum atomic E-state index is -3.11. The molecule has 4 rings (SSSR count). The van der Waals surface area contributed by atoms with Crippen LogP contribution in [0.4, 0.5) is 11.4 Å². The molecule has 2 heterocycles. The van der Waals surface area contributed by atoms with Crippen molar-refractivity contribution in [1.29, 1.82) is 0 Å². The van der Waals surface area contributed by atoms with E-state index in [4.69, 9.17) is 4.52 Å².